The van der Waals surface area contributed by atoms with Gasteiger partial charge in [0.25, 0.3) is 0 Å². The molecule has 1 aromatic heterocycles. The summed E-state index contributed by atoms with van der Waals surface area (Å²) in [5, 5.41) is 7.25. The number of hydrogen-bond acceptors (Lipinski definition) is 2. The maximum atomic E-state index is 5.95. The summed E-state index contributed by atoms with van der Waals surface area (Å²) < 4.78 is 0. The number of nitrogens with two attached hydrogens (primary N) is 1. The van der Waals surface area contributed by atoms with Gasteiger partial charge in [0, 0.05) is 11.3 Å². The molecule has 0 unspecified atom stereocenters. The number of nitrogens with one attached hydrogen (secondary N) is 1. The molecule has 3 nitrogen and oxygen atoms in total. The van der Waals surface area contributed by atoms with E-state index < -0.39 is 0 Å². The fourth-order valence-electron chi connectivity index (χ4n) is 2.41. The van der Waals surface area contributed by atoms with Gasteiger partial charge < -0.3 is 5.73 Å². The monoisotopic (exact) mass is 257 g/mol. The van der Waals surface area contributed by atoms with E-state index in [1.807, 2.05) is 0 Å². The Kier molecular flexibility index (Phi) is 4.25. The number of aryl methyl sites for hydroxylation is 3. The zero-order valence-electron chi connectivity index (χ0n) is 12.0. The van der Waals surface area contributed by atoms with Crippen LogP contribution in [0.3, 0.4) is 0 Å². The van der Waals surface area contributed by atoms with Crippen LogP contribution in [-0.4, -0.2) is 10.2 Å². The highest BCUT2D eigenvalue weighted by Crippen LogP contribution is 2.20. The third kappa shape index (κ3) is 3.37. The zero-order valence-corrected chi connectivity index (χ0v) is 12.0. The lowest BCUT2D eigenvalue weighted by molar-refractivity contribution is 0.643. The molecule has 2 aromatic rings. The normalized spacial score (nSPS) is 11.2. The Morgan fingerprint density at radius 1 is 1.21 bits per heavy atom. The minimum Gasteiger partial charge on any atom is -0.382 e. The molecular weight excluding hydrogens is 234 g/mol. The lowest BCUT2D eigenvalue weighted by atomic mass is 9.98. The van der Waals surface area contributed by atoms with Gasteiger partial charge in [0.1, 0.15) is 5.82 Å². The first-order valence-electron chi connectivity index (χ1n) is 6.94. The molecule has 0 aliphatic carbocycles. The Bertz CT molecular complexity index is 541. The first-order valence-corrected chi connectivity index (χ1v) is 6.94. The van der Waals surface area contributed by atoms with Crippen LogP contribution in [0.1, 0.15) is 36.2 Å². The summed E-state index contributed by atoms with van der Waals surface area (Å²) in [5.74, 6) is 1.26. The second kappa shape index (κ2) is 5.91. The van der Waals surface area contributed by atoms with E-state index in [9.17, 15) is 0 Å². The molecule has 1 heterocycles. The Morgan fingerprint density at radius 2 is 1.95 bits per heavy atom. The molecule has 0 atom stereocenters. The number of hydrogen-bond donors (Lipinski definition) is 2. The van der Waals surface area contributed by atoms with Gasteiger partial charge in [-0.15, -0.1) is 0 Å². The van der Waals surface area contributed by atoms with Gasteiger partial charge >= 0.3 is 0 Å². The summed E-state index contributed by atoms with van der Waals surface area (Å²) in [4.78, 5) is 0. The first-order chi connectivity index (χ1) is 9.08. The van der Waals surface area contributed by atoms with Crippen molar-refractivity contribution in [3.63, 3.8) is 0 Å². The van der Waals surface area contributed by atoms with Gasteiger partial charge in [-0.05, 0) is 43.2 Å². The number of H-pyrrole nitrogens is 1. The van der Waals surface area contributed by atoms with E-state index in [1.54, 1.807) is 0 Å². The molecule has 0 saturated carbocycles. The van der Waals surface area contributed by atoms with Crippen LogP contribution in [0, 0.1) is 12.8 Å². The van der Waals surface area contributed by atoms with Crippen LogP contribution in [-0.2, 0) is 19.3 Å². The third-order valence-electron chi connectivity index (χ3n) is 3.50. The van der Waals surface area contributed by atoms with Crippen LogP contribution in [0.15, 0.2) is 24.3 Å². The van der Waals surface area contributed by atoms with Gasteiger partial charge in [-0.3, -0.25) is 5.10 Å². The van der Waals surface area contributed by atoms with Crippen molar-refractivity contribution >= 4 is 5.82 Å². The molecule has 19 heavy (non-hydrogen) atoms. The summed E-state index contributed by atoms with van der Waals surface area (Å²) in [7, 11) is 0. The van der Waals surface area contributed by atoms with Crippen molar-refractivity contribution in [2.75, 3.05) is 5.73 Å². The molecule has 1 aromatic carbocycles. The highest BCUT2D eigenvalue weighted by molar-refractivity contribution is 5.42. The molecule has 0 amide bonds. The Morgan fingerprint density at radius 3 is 2.63 bits per heavy atom. The number of nitrogens with zero attached hydrogens (tertiary/aromatic N) is 1. The van der Waals surface area contributed by atoms with Gasteiger partial charge in [0.15, 0.2) is 0 Å². The van der Waals surface area contributed by atoms with Crippen LogP contribution < -0.4 is 5.73 Å². The molecular formula is C16H23N3. The molecule has 0 fully saturated rings. The molecule has 0 saturated heterocycles. The minimum atomic E-state index is 0.595. The standard InChI is InChI=1S/C16H23N3/c1-11(2)10-14-15(18-19-16(14)17)9-8-13-7-5-4-6-12(13)3/h4-7,11H,8-10H2,1-3H3,(H3,17,18,19). The van der Waals surface area contributed by atoms with Crippen LogP contribution in [0.2, 0.25) is 0 Å². The van der Waals surface area contributed by atoms with Crippen LogP contribution in [0.25, 0.3) is 0 Å². The van der Waals surface area contributed by atoms with Crippen molar-refractivity contribution in [1.82, 2.24) is 10.2 Å². The first kappa shape index (κ1) is 13.7. The fraction of sp³-hybridized carbons (Fsp3) is 0.438. The van der Waals surface area contributed by atoms with Crippen molar-refractivity contribution < 1.29 is 0 Å². The van der Waals surface area contributed by atoms with Crippen LogP contribution in [0.5, 0.6) is 0 Å². The number of anilines is 1. The summed E-state index contributed by atoms with van der Waals surface area (Å²) in [6, 6.07) is 8.53. The summed E-state index contributed by atoms with van der Waals surface area (Å²) in [6.45, 7) is 6.57. The minimum absolute atomic E-state index is 0.595. The van der Waals surface area contributed by atoms with E-state index in [1.165, 1.54) is 22.4 Å². The van der Waals surface area contributed by atoms with Crippen LogP contribution in [0.4, 0.5) is 5.82 Å². The Labute approximate surface area is 115 Å². The lowest BCUT2D eigenvalue weighted by Crippen LogP contribution is -2.02. The molecule has 3 heteroatoms. The van der Waals surface area contributed by atoms with Crippen molar-refractivity contribution in [3.8, 4) is 0 Å². The van der Waals surface area contributed by atoms with E-state index in [-0.39, 0.29) is 0 Å². The Balaban J connectivity index is 2.10. The van der Waals surface area contributed by atoms with E-state index in [2.05, 4.69) is 55.2 Å². The topological polar surface area (TPSA) is 54.7 Å². The van der Waals surface area contributed by atoms with Gasteiger partial charge in [-0.1, -0.05) is 38.1 Å². The summed E-state index contributed by atoms with van der Waals surface area (Å²) >= 11 is 0. The molecule has 0 radical (unpaired) electrons. The van der Waals surface area contributed by atoms with Crippen molar-refractivity contribution in [2.45, 2.75) is 40.0 Å². The highest BCUT2D eigenvalue weighted by atomic mass is 15.2. The SMILES string of the molecule is Cc1ccccc1CCc1[nH]nc(N)c1CC(C)C. The highest BCUT2D eigenvalue weighted by Gasteiger charge is 2.12. The van der Waals surface area contributed by atoms with Crippen molar-refractivity contribution in [3.05, 3.63) is 46.6 Å². The average molecular weight is 257 g/mol. The van der Waals surface area contributed by atoms with E-state index >= 15 is 0 Å². The second-order valence-electron chi connectivity index (χ2n) is 5.59. The van der Waals surface area contributed by atoms with Gasteiger partial charge in [0.05, 0.1) is 0 Å². The summed E-state index contributed by atoms with van der Waals surface area (Å²) in [5.41, 5.74) is 11.1. The average Bonchev–Trinajstić information content (AvgIpc) is 2.70. The fourth-order valence-corrected chi connectivity index (χ4v) is 2.41. The number of aromatic amines is 1. The molecule has 0 aliphatic heterocycles. The predicted molar refractivity (Wildman–Crippen MR) is 80.1 cm³/mol. The van der Waals surface area contributed by atoms with Crippen LogP contribution >= 0.6 is 0 Å². The lowest BCUT2D eigenvalue weighted by Gasteiger charge is -2.08. The number of nitrogen functional groups attached to an aromatic ring is 1. The maximum Gasteiger partial charge on any atom is 0.148 e. The summed E-state index contributed by atoms with van der Waals surface area (Å²) in [6.07, 6.45) is 2.99. The largest absolute Gasteiger partial charge is 0.382 e. The van der Waals surface area contributed by atoms with E-state index in [0.29, 0.717) is 11.7 Å². The quantitative estimate of drug-likeness (QED) is 0.863. The van der Waals surface area contributed by atoms with Gasteiger partial charge in [-0.2, -0.15) is 5.10 Å². The number of benzene rings is 1. The number of aromatic nitrogens is 2. The van der Waals surface area contributed by atoms with Crippen molar-refractivity contribution in [2.24, 2.45) is 5.92 Å². The zero-order chi connectivity index (χ0) is 13.8. The number of rotatable bonds is 5. The molecule has 3 N–H and O–H groups in total. The predicted octanol–water partition coefficient (Wildman–Crippen LogP) is 3.28. The molecule has 0 spiro atoms. The van der Waals surface area contributed by atoms with Gasteiger partial charge in [-0.25, -0.2) is 0 Å². The Hall–Kier alpha value is -1.77. The smallest absolute Gasteiger partial charge is 0.148 e. The molecule has 0 bridgehead atoms. The van der Waals surface area contributed by atoms with Crippen molar-refractivity contribution in [1.29, 1.82) is 0 Å². The molecule has 0 aliphatic rings. The van der Waals surface area contributed by atoms with E-state index in [0.717, 1.165) is 19.3 Å². The van der Waals surface area contributed by atoms with E-state index in [4.69, 9.17) is 5.73 Å². The van der Waals surface area contributed by atoms with Gasteiger partial charge in [0.2, 0.25) is 0 Å². The molecule has 2 rings (SSSR count). The maximum absolute atomic E-state index is 5.95. The molecule has 102 valence electrons. The third-order valence-corrected chi connectivity index (χ3v) is 3.50. The second-order valence-corrected chi connectivity index (χ2v) is 5.59.